The Hall–Kier alpha value is -2.37. The van der Waals surface area contributed by atoms with Crippen molar-refractivity contribution in [2.45, 2.75) is 6.54 Å². The first-order valence-electron chi connectivity index (χ1n) is 4.73. The molecule has 0 radical (unpaired) electrons. The molecule has 1 aromatic carbocycles. The molecular weight excluding hydrogens is 208 g/mol. The van der Waals surface area contributed by atoms with Gasteiger partial charge in [0.1, 0.15) is 0 Å². The molecule has 0 aliphatic heterocycles. The second-order valence-corrected chi connectivity index (χ2v) is 3.20. The van der Waals surface area contributed by atoms with E-state index in [2.05, 4.69) is 15.3 Å². The fourth-order valence-electron chi connectivity index (χ4n) is 1.34. The number of imidazole rings is 1. The third-order valence-corrected chi connectivity index (χ3v) is 2.10. The molecule has 0 fully saturated rings. The van der Waals surface area contributed by atoms with Crippen molar-refractivity contribution in [2.75, 3.05) is 5.32 Å². The zero-order valence-electron chi connectivity index (χ0n) is 8.38. The van der Waals surface area contributed by atoms with Crippen molar-refractivity contribution in [2.24, 2.45) is 0 Å². The Labute approximate surface area is 91.5 Å². The van der Waals surface area contributed by atoms with E-state index < -0.39 is 4.92 Å². The fourth-order valence-corrected chi connectivity index (χ4v) is 1.34. The maximum atomic E-state index is 10.6. The van der Waals surface area contributed by atoms with E-state index in [0.717, 1.165) is 5.56 Å². The van der Waals surface area contributed by atoms with Gasteiger partial charge < -0.3 is 15.4 Å². The molecule has 0 unspecified atom stereocenters. The van der Waals surface area contributed by atoms with E-state index in [1.54, 1.807) is 0 Å². The summed E-state index contributed by atoms with van der Waals surface area (Å²) in [6.07, 6.45) is 1.30. The van der Waals surface area contributed by atoms with Crippen molar-refractivity contribution in [1.82, 2.24) is 9.97 Å². The number of rotatable bonds is 4. The molecule has 0 saturated heterocycles. The second-order valence-electron chi connectivity index (χ2n) is 3.20. The van der Waals surface area contributed by atoms with E-state index in [4.69, 9.17) is 0 Å². The highest BCUT2D eigenvalue weighted by molar-refractivity contribution is 5.50. The Balaban J connectivity index is 2.05. The van der Waals surface area contributed by atoms with Gasteiger partial charge in [0.25, 0.3) is 0 Å². The van der Waals surface area contributed by atoms with Crippen molar-refractivity contribution in [3.05, 3.63) is 52.3 Å². The third-order valence-electron chi connectivity index (χ3n) is 2.10. The summed E-state index contributed by atoms with van der Waals surface area (Å²) in [5.74, 6) is 0.143. The Morgan fingerprint density at radius 3 is 2.81 bits per heavy atom. The molecule has 2 rings (SSSR count). The van der Waals surface area contributed by atoms with Crippen molar-refractivity contribution >= 4 is 11.6 Å². The van der Waals surface area contributed by atoms with E-state index in [1.165, 1.54) is 6.33 Å². The van der Waals surface area contributed by atoms with Gasteiger partial charge in [0, 0.05) is 6.54 Å². The van der Waals surface area contributed by atoms with Crippen LogP contribution in [0.15, 0.2) is 36.7 Å². The summed E-state index contributed by atoms with van der Waals surface area (Å²) in [6.45, 7) is 0.506. The van der Waals surface area contributed by atoms with E-state index in [0.29, 0.717) is 6.54 Å². The molecule has 0 saturated carbocycles. The summed E-state index contributed by atoms with van der Waals surface area (Å²) in [4.78, 5) is 16.4. The number of H-pyrrole nitrogens is 1. The Morgan fingerprint density at radius 1 is 1.38 bits per heavy atom. The average Bonchev–Trinajstić information content (AvgIpc) is 2.76. The van der Waals surface area contributed by atoms with Gasteiger partial charge in [-0.15, -0.1) is 0 Å². The summed E-state index contributed by atoms with van der Waals surface area (Å²) >= 11 is 0. The molecule has 1 aromatic heterocycles. The first kappa shape index (κ1) is 10.2. The summed E-state index contributed by atoms with van der Waals surface area (Å²) in [7, 11) is 0. The molecule has 0 atom stereocenters. The first-order chi connectivity index (χ1) is 7.77. The minimum Gasteiger partial charge on any atom is -0.359 e. The Morgan fingerprint density at radius 2 is 2.12 bits per heavy atom. The van der Waals surface area contributed by atoms with Crippen LogP contribution in [0.5, 0.6) is 0 Å². The minimum absolute atomic E-state index is 0.115. The molecule has 0 bridgehead atoms. The van der Waals surface area contributed by atoms with Gasteiger partial charge in [0.05, 0.1) is 0 Å². The predicted octanol–water partition coefficient (Wildman–Crippen LogP) is 1.93. The highest BCUT2D eigenvalue weighted by atomic mass is 16.6. The average molecular weight is 218 g/mol. The van der Waals surface area contributed by atoms with Gasteiger partial charge in [0.15, 0.2) is 6.33 Å². The zero-order chi connectivity index (χ0) is 11.4. The van der Waals surface area contributed by atoms with Crippen LogP contribution in [0.25, 0.3) is 0 Å². The maximum Gasteiger partial charge on any atom is 0.364 e. The molecule has 6 heteroatoms. The number of aromatic nitrogens is 2. The lowest BCUT2D eigenvalue weighted by Gasteiger charge is -2.02. The molecule has 6 nitrogen and oxygen atoms in total. The quantitative estimate of drug-likeness (QED) is 0.606. The minimum atomic E-state index is -0.500. The summed E-state index contributed by atoms with van der Waals surface area (Å²) in [6, 6.07) is 9.61. The van der Waals surface area contributed by atoms with Gasteiger partial charge in [-0.05, 0) is 10.5 Å². The van der Waals surface area contributed by atoms with Gasteiger partial charge in [-0.2, -0.15) is 4.98 Å². The number of nitrogens with one attached hydrogen (secondary N) is 2. The molecule has 0 aliphatic carbocycles. The van der Waals surface area contributed by atoms with Crippen LogP contribution in [0.4, 0.5) is 11.6 Å². The monoisotopic (exact) mass is 218 g/mol. The molecule has 0 aliphatic rings. The van der Waals surface area contributed by atoms with Crippen LogP contribution >= 0.6 is 0 Å². The van der Waals surface area contributed by atoms with Crippen molar-refractivity contribution in [3.8, 4) is 0 Å². The third kappa shape index (κ3) is 2.17. The standard InChI is InChI=1S/C10H10N4O2/c15-14(16)10-9(12-7-13-10)11-6-8-4-2-1-3-5-8/h1-5,7,11H,6H2,(H,12,13). The van der Waals surface area contributed by atoms with Gasteiger partial charge >= 0.3 is 5.82 Å². The van der Waals surface area contributed by atoms with Crippen LogP contribution in [-0.4, -0.2) is 14.9 Å². The number of anilines is 1. The van der Waals surface area contributed by atoms with Crippen LogP contribution in [-0.2, 0) is 6.54 Å². The number of hydrogen-bond donors (Lipinski definition) is 2. The lowest BCUT2D eigenvalue weighted by molar-refractivity contribution is -0.388. The van der Waals surface area contributed by atoms with E-state index in [-0.39, 0.29) is 11.6 Å². The lowest BCUT2D eigenvalue weighted by Crippen LogP contribution is -2.02. The number of nitrogens with zero attached hydrogens (tertiary/aromatic N) is 2. The molecule has 2 N–H and O–H groups in total. The van der Waals surface area contributed by atoms with E-state index in [9.17, 15) is 10.1 Å². The molecule has 0 amide bonds. The fraction of sp³-hybridized carbons (Fsp3) is 0.100. The van der Waals surface area contributed by atoms with Crippen LogP contribution in [0, 0.1) is 10.1 Å². The molecule has 2 aromatic rings. The van der Waals surface area contributed by atoms with Crippen LogP contribution in [0.2, 0.25) is 0 Å². The number of hydrogen-bond acceptors (Lipinski definition) is 4. The van der Waals surface area contributed by atoms with Crippen molar-refractivity contribution in [1.29, 1.82) is 0 Å². The van der Waals surface area contributed by atoms with Gasteiger partial charge in [0.2, 0.25) is 5.82 Å². The van der Waals surface area contributed by atoms with E-state index in [1.807, 2.05) is 30.3 Å². The molecule has 1 heterocycles. The lowest BCUT2D eigenvalue weighted by atomic mass is 10.2. The highest BCUT2D eigenvalue weighted by Crippen LogP contribution is 2.18. The SMILES string of the molecule is O=[N+]([O-])c1[nH]cnc1NCc1ccccc1. The smallest absolute Gasteiger partial charge is 0.359 e. The largest absolute Gasteiger partial charge is 0.364 e. The summed E-state index contributed by atoms with van der Waals surface area (Å²) in [5.41, 5.74) is 1.04. The van der Waals surface area contributed by atoms with Gasteiger partial charge in [-0.1, -0.05) is 30.3 Å². The molecule has 16 heavy (non-hydrogen) atoms. The molecule has 0 spiro atoms. The van der Waals surface area contributed by atoms with Crippen molar-refractivity contribution in [3.63, 3.8) is 0 Å². The highest BCUT2D eigenvalue weighted by Gasteiger charge is 2.14. The number of benzene rings is 1. The van der Waals surface area contributed by atoms with Crippen LogP contribution in [0.3, 0.4) is 0 Å². The normalized spacial score (nSPS) is 10.0. The van der Waals surface area contributed by atoms with Crippen LogP contribution < -0.4 is 5.32 Å². The summed E-state index contributed by atoms with van der Waals surface area (Å²) < 4.78 is 0. The van der Waals surface area contributed by atoms with E-state index >= 15 is 0 Å². The van der Waals surface area contributed by atoms with Gasteiger partial charge in [-0.25, -0.2) is 4.98 Å². The Bertz CT molecular complexity index is 481. The molecular formula is C10H10N4O2. The Kier molecular flexibility index (Phi) is 2.81. The molecule has 82 valence electrons. The van der Waals surface area contributed by atoms with Gasteiger partial charge in [-0.3, -0.25) is 0 Å². The topological polar surface area (TPSA) is 83.8 Å². The second kappa shape index (κ2) is 4.43. The maximum absolute atomic E-state index is 10.6. The zero-order valence-corrected chi connectivity index (χ0v) is 8.38. The number of aromatic amines is 1. The summed E-state index contributed by atoms with van der Waals surface area (Å²) in [5, 5.41) is 13.5. The predicted molar refractivity (Wildman–Crippen MR) is 59.0 cm³/mol. The van der Waals surface area contributed by atoms with Crippen molar-refractivity contribution < 1.29 is 4.92 Å². The first-order valence-corrected chi connectivity index (χ1v) is 4.73. The van der Waals surface area contributed by atoms with Crippen LogP contribution in [0.1, 0.15) is 5.56 Å². The number of nitro groups is 1.